The second kappa shape index (κ2) is 11.0. The maximum Gasteiger partial charge on any atom is 0.414 e. The molecule has 1 aromatic rings. The van der Waals surface area contributed by atoms with Crippen LogP contribution in [0.15, 0.2) is 18.2 Å². The number of thiol groups is 1. The van der Waals surface area contributed by atoms with Gasteiger partial charge in [-0.3, -0.25) is 19.8 Å². The number of hydrogen-bond acceptors (Lipinski definition) is 8. The molecule has 0 spiro atoms. The molecule has 9 nitrogen and oxygen atoms in total. The molecule has 0 aromatic heterocycles. The van der Waals surface area contributed by atoms with Crippen LogP contribution in [0.25, 0.3) is 0 Å². The lowest BCUT2D eigenvalue weighted by Gasteiger charge is -2.36. The Labute approximate surface area is 194 Å². The number of ether oxygens (including phenoxy) is 2. The minimum Gasteiger partial charge on any atom is -0.456 e. The van der Waals surface area contributed by atoms with Crippen molar-refractivity contribution in [1.29, 1.82) is 0 Å². The van der Waals surface area contributed by atoms with Crippen LogP contribution in [0.1, 0.15) is 6.92 Å². The van der Waals surface area contributed by atoms with E-state index < -0.39 is 35.8 Å². The van der Waals surface area contributed by atoms with Crippen LogP contribution in [0.5, 0.6) is 0 Å². The Balaban J connectivity index is 1.55. The van der Waals surface area contributed by atoms with Gasteiger partial charge in [-0.15, -0.1) is 0 Å². The molecule has 13 heteroatoms. The van der Waals surface area contributed by atoms with Gasteiger partial charge in [-0.05, 0) is 18.2 Å². The van der Waals surface area contributed by atoms with Crippen molar-refractivity contribution in [2.24, 2.45) is 0 Å². The summed E-state index contributed by atoms with van der Waals surface area (Å²) >= 11 is 3.71. The fourth-order valence-electron chi connectivity index (χ4n) is 3.55. The number of piperazine rings is 1. The molecule has 0 radical (unpaired) electrons. The predicted molar refractivity (Wildman–Crippen MR) is 116 cm³/mol. The van der Waals surface area contributed by atoms with Crippen molar-refractivity contribution in [3.05, 3.63) is 24.0 Å². The number of carbonyl (C=O) groups is 3. The van der Waals surface area contributed by atoms with Crippen LogP contribution in [0.2, 0.25) is 0 Å². The molecule has 1 unspecified atom stereocenters. The smallest absolute Gasteiger partial charge is 0.414 e. The van der Waals surface area contributed by atoms with E-state index in [0.717, 1.165) is 0 Å². The summed E-state index contributed by atoms with van der Waals surface area (Å²) in [6.45, 7) is 2.43. The maximum atomic E-state index is 14.9. The largest absolute Gasteiger partial charge is 0.456 e. The molecule has 2 amide bonds. The van der Waals surface area contributed by atoms with Gasteiger partial charge in [0.1, 0.15) is 17.3 Å². The lowest BCUT2D eigenvalue weighted by atomic mass is 10.2. The topological polar surface area (TPSA) is 91.4 Å². The highest BCUT2D eigenvalue weighted by Gasteiger charge is 2.33. The standard InChI is InChI=1S/C20H25F3N4O5S/c1-12(28)31-11-17(29)26-6-4-25(5-7-26)16-3-2-13(8-15(16)21)27-10-14(32-20(27)30)9-24-19(33)18(22)23/h2-3,8,14,18-19,24,33H,4-7,9-11H2,1H3/t14-,19?/m0/s1. The zero-order chi connectivity index (χ0) is 24.1. The number of rotatable bonds is 8. The number of halogens is 3. The summed E-state index contributed by atoms with van der Waals surface area (Å²) in [7, 11) is 0. The number of esters is 1. The number of nitrogens with zero attached hydrogens (tertiary/aromatic N) is 3. The van der Waals surface area contributed by atoms with Gasteiger partial charge in [-0.2, -0.15) is 12.6 Å². The minimum absolute atomic E-state index is 0.0121. The molecule has 2 heterocycles. The van der Waals surface area contributed by atoms with E-state index >= 15 is 0 Å². The first-order valence-electron chi connectivity index (χ1n) is 10.3. The summed E-state index contributed by atoms with van der Waals surface area (Å²) in [4.78, 5) is 39.6. The normalized spacial score (nSPS) is 19.6. The molecule has 182 valence electrons. The molecule has 3 rings (SSSR count). The van der Waals surface area contributed by atoms with E-state index in [1.54, 1.807) is 21.9 Å². The Morgan fingerprint density at radius 2 is 1.97 bits per heavy atom. The molecule has 2 aliphatic rings. The summed E-state index contributed by atoms with van der Waals surface area (Å²) in [5.74, 6) is -1.39. The molecule has 2 atom stereocenters. The molecule has 0 saturated carbocycles. The highest BCUT2D eigenvalue weighted by Crippen LogP contribution is 2.28. The third-order valence-corrected chi connectivity index (χ3v) is 5.69. The summed E-state index contributed by atoms with van der Waals surface area (Å²) in [5, 5.41) is 1.14. The van der Waals surface area contributed by atoms with E-state index in [2.05, 4.69) is 17.9 Å². The Morgan fingerprint density at radius 3 is 2.58 bits per heavy atom. The van der Waals surface area contributed by atoms with Gasteiger partial charge in [0.05, 0.1) is 17.9 Å². The molecule has 0 aliphatic carbocycles. The van der Waals surface area contributed by atoms with E-state index in [1.807, 2.05) is 0 Å². The Kier molecular flexibility index (Phi) is 8.30. The van der Waals surface area contributed by atoms with E-state index in [9.17, 15) is 27.6 Å². The summed E-state index contributed by atoms with van der Waals surface area (Å²) in [6, 6.07) is 4.33. The average Bonchev–Trinajstić information content (AvgIpc) is 3.16. The third-order valence-electron chi connectivity index (χ3n) is 5.28. The Morgan fingerprint density at radius 1 is 1.27 bits per heavy atom. The zero-order valence-electron chi connectivity index (χ0n) is 17.9. The molecular formula is C20H25F3N4O5S. The fourth-order valence-corrected chi connectivity index (χ4v) is 3.66. The van der Waals surface area contributed by atoms with Crippen LogP contribution >= 0.6 is 12.6 Å². The van der Waals surface area contributed by atoms with Crippen LogP contribution in [0.4, 0.5) is 29.3 Å². The number of nitrogens with one attached hydrogen (secondary N) is 1. The van der Waals surface area contributed by atoms with Crippen molar-refractivity contribution in [1.82, 2.24) is 10.2 Å². The molecular weight excluding hydrogens is 465 g/mol. The van der Waals surface area contributed by atoms with Gasteiger partial charge in [0, 0.05) is 39.6 Å². The number of benzene rings is 1. The van der Waals surface area contributed by atoms with Crippen molar-refractivity contribution in [3.8, 4) is 0 Å². The molecule has 1 aromatic carbocycles. The molecule has 2 saturated heterocycles. The van der Waals surface area contributed by atoms with Gasteiger partial charge in [0.25, 0.3) is 12.3 Å². The lowest BCUT2D eigenvalue weighted by molar-refractivity contribution is -0.150. The molecule has 1 N–H and O–H groups in total. The number of hydrogen-bond donors (Lipinski definition) is 2. The van der Waals surface area contributed by atoms with Gasteiger partial charge in [0.2, 0.25) is 0 Å². The minimum atomic E-state index is -2.67. The monoisotopic (exact) mass is 490 g/mol. The highest BCUT2D eigenvalue weighted by molar-refractivity contribution is 7.80. The Bertz CT molecular complexity index is 885. The van der Waals surface area contributed by atoms with E-state index in [1.165, 1.54) is 17.9 Å². The van der Waals surface area contributed by atoms with Gasteiger partial charge in [0.15, 0.2) is 6.61 Å². The Hall–Kier alpha value is -2.67. The summed E-state index contributed by atoms with van der Waals surface area (Å²) < 4.78 is 49.8. The van der Waals surface area contributed by atoms with Gasteiger partial charge >= 0.3 is 12.1 Å². The molecule has 2 aliphatic heterocycles. The second-order valence-electron chi connectivity index (χ2n) is 7.59. The second-order valence-corrected chi connectivity index (χ2v) is 8.14. The van der Waals surface area contributed by atoms with Crippen molar-refractivity contribution in [2.75, 3.05) is 55.7 Å². The highest BCUT2D eigenvalue weighted by atomic mass is 32.1. The van der Waals surface area contributed by atoms with E-state index in [-0.39, 0.29) is 31.3 Å². The van der Waals surface area contributed by atoms with Gasteiger partial charge in [-0.1, -0.05) is 0 Å². The molecule has 2 fully saturated rings. The summed E-state index contributed by atoms with van der Waals surface area (Å²) in [5.41, 5.74) is 0.613. The average molecular weight is 491 g/mol. The SMILES string of the molecule is CC(=O)OCC(=O)N1CCN(c2ccc(N3C[C@H](CNC(S)C(F)F)OC3=O)cc2F)CC1. The number of cyclic esters (lactones) is 1. The third kappa shape index (κ3) is 6.44. The first-order chi connectivity index (χ1) is 15.7. The number of carbonyl (C=O) groups excluding carboxylic acids is 3. The van der Waals surface area contributed by atoms with Crippen molar-refractivity contribution in [3.63, 3.8) is 0 Å². The van der Waals surface area contributed by atoms with Crippen LogP contribution in [-0.2, 0) is 19.1 Å². The van der Waals surface area contributed by atoms with Crippen molar-refractivity contribution < 1.29 is 37.0 Å². The number of alkyl halides is 2. The first kappa shape index (κ1) is 25.0. The fraction of sp³-hybridized carbons (Fsp3) is 0.550. The van der Waals surface area contributed by atoms with Gasteiger partial charge in [-0.25, -0.2) is 18.0 Å². The first-order valence-corrected chi connectivity index (χ1v) is 10.8. The predicted octanol–water partition coefficient (Wildman–Crippen LogP) is 1.47. The van der Waals surface area contributed by atoms with Crippen molar-refractivity contribution in [2.45, 2.75) is 24.8 Å². The van der Waals surface area contributed by atoms with Crippen LogP contribution < -0.4 is 15.1 Å². The zero-order valence-corrected chi connectivity index (χ0v) is 18.8. The van der Waals surface area contributed by atoms with Crippen molar-refractivity contribution >= 4 is 42.0 Å². The van der Waals surface area contributed by atoms with Crippen LogP contribution in [0, 0.1) is 5.82 Å². The lowest BCUT2D eigenvalue weighted by Crippen LogP contribution is -2.50. The number of anilines is 2. The van der Waals surface area contributed by atoms with Crippen LogP contribution in [0.3, 0.4) is 0 Å². The van der Waals surface area contributed by atoms with E-state index in [4.69, 9.17) is 9.47 Å². The molecule has 0 bridgehead atoms. The van der Waals surface area contributed by atoms with Gasteiger partial charge < -0.3 is 19.3 Å². The maximum absolute atomic E-state index is 14.9. The molecule has 33 heavy (non-hydrogen) atoms. The quantitative estimate of drug-likeness (QED) is 0.324. The van der Waals surface area contributed by atoms with Crippen LogP contribution in [-0.4, -0.2) is 86.6 Å². The van der Waals surface area contributed by atoms with E-state index in [0.29, 0.717) is 31.9 Å². The summed E-state index contributed by atoms with van der Waals surface area (Å²) in [6.07, 6.45) is -4.04. The number of amides is 2.